The SMILES string of the molecule is Cc1cc(CCOc2ccc(C(=O)N[C@@H]3CN(C(=O)O)C[C@@H]3C(=O)NO)cc2)c2ccccc2n1. The van der Waals surface area contributed by atoms with Crippen molar-refractivity contribution in [2.75, 3.05) is 19.7 Å². The molecule has 10 heteroatoms. The Bertz CT molecular complexity index is 1250. The highest BCUT2D eigenvalue weighted by atomic mass is 16.5. The monoisotopic (exact) mass is 478 g/mol. The molecule has 0 aliphatic carbocycles. The van der Waals surface area contributed by atoms with Crippen molar-refractivity contribution in [3.63, 3.8) is 0 Å². The summed E-state index contributed by atoms with van der Waals surface area (Å²) in [5, 5.41) is 21.9. The van der Waals surface area contributed by atoms with Crippen molar-refractivity contribution >= 4 is 28.8 Å². The molecule has 4 N–H and O–H groups in total. The number of carboxylic acid groups (broad SMARTS) is 1. The highest BCUT2D eigenvalue weighted by Gasteiger charge is 2.40. The minimum atomic E-state index is -1.20. The number of aryl methyl sites for hydroxylation is 1. The second-order valence-electron chi connectivity index (χ2n) is 8.41. The first-order chi connectivity index (χ1) is 16.9. The van der Waals surface area contributed by atoms with Crippen LogP contribution in [-0.2, 0) is 11.2 Å². The molecule has 1 saturated heterocycles. The van der Waals surface area contributed by atoms with E-state index in [0.29, 0.717) is 24.3 Å². The zero-order valence-corrected chi connectivity index (χ0v) is 19.1. The molecule has 2 heterocycles. The van der Waals surface area contributed by atoms with E-state index >= 15 is 0 Å². The largest absolute Gasteiger partial charge is 0.493 e. The number of benzene rings is 2. The number of para-hydroxylation sites is 1. The van der Waals surface area contributed by atoms with Crippen molar-refractivity contribution in [3.05, 3.63) is 71.4 Å². The summed E-state index contributed by atoms with van der Waals surface area (Å²) in [6.45, 7) is 2.24. The first kappa shape index (κ1) is 24.0. The van der Waals surface area contributed by atoms with E-state index in [1.165, 1.54) is 5.48 Å². The van der Waals surface area contributed by atoms with Gasteiger partial charge in [-0.3, -0.25) is 19.8 Å². The summed E-state index contributed by atoms with van der Waals surface area (Å²) in [7, 11) is 0. The third kappa shape index (κ3) is 5.49. The number of aromatic nitrogens is 1. The van der Waals surface area contributed by atoms with E-state index in [-0.39, 0.29) is 13.1 Å². The van der Waals surface area contributed by atoms with Gasteiger partial charge in [-0.05, 0) is 48.9 Å². The standard InChI is InChI=1S/C25H26N4O6/c1-15-12-17(19-4-2-3-5-21(19)26-15)10-11-35-18-8-6-16(7-9-18)23(30)27-22-14-29(25(32)33)13-20(22)24(31)28-34/h2-9,12,20,22,34H,10-11,13-14H2,1H3,(H,27,30)(H,28,31)(H,32,33)/t20-,22+/m0/s1. The van der Waals surface area contributed by atoms with Crippen LogP contribution in [-0.4, -0.2) is 63.8 Å². The molecule has 1 aromatic heterocycles. The van der Waals surface area contributed by atoms with E-state index < -0.39 is 29.9 Å². The van der Waals surface area contributed by atoms with Gasteiger partial charge in [0.15, 0.2) is 0 Å². The van der Waals surface area contributed by atoms with Gasteiger partial charge in [0, 0.05) is 36.2 Å². The average molecular weight is 479 g/mol. The van der Waals surface area contributed by atoms with Crippen molar-refractivity contribution in [2.45, 2.75) is 19.4 Å². The summed E-state index contributed by atoms with van der Waals surface area (Å²) in [5.74, 6) is -1.49. The molecule has 10 nitrogen and oxygen atoms in total. The first-order valence-corrected chi connectivity index (χ1v) is 11.2. The molecule has 4 rings (SSSR count). The maximum absolute atomic E-state index is 12.7. The zero-order valence-electron chi connectivity index (χ0n) is 19.1. The lowest BCUT2D eigenvalue weighted by atomic mass is 10.0. The van der Waals surface area contributed by atoms with Crippen LogP contribution in [0.3, 0.4) is 0 Å². The maximum Gasteiger partial charge on any atom is 0.407 e. The van der Waals surface area contributed by atoms with E-state index in [0.717, 1.165) is 27.1 Å². The van der Waals surface area contributed by atoms with Crippen LogP contribution in [0, 0.1) is 12.8 Å². The van der Waals surface area contributed by atoms with Crippen LogP contribution in [0.2, 0.25) is 0 Å². The summed E-state index contributed by atoms with van der Waals surface area (Å²) in [5.41, 5.74) is 4.91. The Kier molecular flexibility index (Phi) is 7.11. The third-order valence-corrected chi connectivity index (χ3v) is 6.04. The normalized spacial score (nSPS) is 17.3. The lowest BCUT2D eigenvalue weighted by molar-refractivity contribution is -0.133. The summed E-state index contributed by atoms with van der Waals surface area (Å²) in [6, 6.07) is 15.8. The van der Waals surface area contributed by atoms with Gasteiger partial charge in [-0.2, -0.15) is 0 Å². The molecular weight excluding hydrogens is 452 g/mol. The number of rotatable bonds is 7. The summed E-state index contributed by atoms with van der Waals surface area (Å²) >= 11 is 0. The number of likely N-dealkylation sites (tertiary alicyclic amines) is 1. The Morgan fingerprint density at radius 3 is 2.57 bits per heavy atom. The molecule has 1 fully saturated rings. The van der Waals surface area contributed by atoms with Crippen LogP contribution >= 0.6 is 0 Å². The third-order valence-electron chi connectivity index (χ3n) is 6.04. The van der Waals surface area contributed by atoms with Crippen LogP contribution in [0.25, 0.3) is 10.9 Å². The van der Waals surface area contributed by atoms with E-state index in [4.69, 9.17) is 9.94 Å². The molecule has 0 saturated carbocycles. The van der Waals surface area contributed by atoms with Gasteiger partial charge in [0.05, 0.1) is 24.1 Å². The number of pyridine rings is 1. The molecule has 0 radical (unpaired) electrons. The van der Waals surface area contributed by atoms with Crippen molar-refractivity contribution in [1.82, 2.24) is 20.7 Å². The van der Waals surface area contributed by atoms with Crippen molar-refractivity contribution in [3.8, 4) is 5.75 Å². The van der Waals surface area contributed by atoms with E-state index in [1.807, 2.05) is 31.2 Å². The predicted octanol–water partition coefficient (Wildman–Crippen LogP) is 2.38. The van der Waals surface area contributed by atoms with Crippen molar-refractivity contribution in [1.29, 1.82) is 0 Å². The number of hydroxylamine groups is 1. The molecule has 0 bridgehead atoms. The highest BCUT2D eigenvalue weighted by Crippen LogP contribution is 2.21. The van der Waals surface area contributed by atoms with Gasteiger partial charge in [-0.15, -0.1) is 0 Å². The number of nitrogens with zero attached hydrogens (tertiary/aromatic N) is 2. The number of ether oxygens (including phenoxy) is 1. The molecule has 3 amide bonds. The Morgan fingerprint density at radius 2 is 1.86 bits per heavy atom. The van der Waals surface area contributed by atoms with Gasteiger partial charge in [-0.1, -0.05) is 18.2 Å². The fraction of sp³-hybridized carbons (Fsp3) is 0.280. The summed E-state index contributed by atoms with van der Waals surface area (Å²) < 4.78 is 5.87. The Balaban J connectivity index is 1.35. The molecule has 0 spiro atoms. The van der Waals surface area contributed by atoms with E-state index in [2.05, 4.69) is 16.4 Å². The number of carbonyl (C=O) groups excluding carboxylic acids is 2. The van der Waals surface area contributed by atoms with Gasteiger partial charge in [0.25, 0.3) is 5.91 Å². The fourth-order valence-corrected chi connectivity index (χ4v) is 4.29. The van der Waals surface area contributed by atoms with Gasteiger partial charge in [-0.25, -0.2) is 10.3 Å². The van der Waals surface area contributed by atoms with Crippen molar-refractivity contribution in [2.24, 2.45) is 5.92 Å². The number of nitrogens with one attached hydrogen (secondary N) is 2. The molecule has 0 unspecified atom stereocenters. The Hall–Kier alpha value is -4.18. The van der Waals surface area contributed by atoms with Gasteiger partial charge in [0.1, 0.15) is 5.75 Å². The molecule has 1 aliphatic heterocycles. The minimum absolute atomic E-state index is 0.0521. The van der Waals surface area contributed by atoms with Crippen LogP contribution in [0.4, 0.5) is 4.79 Å². The summed E-state index contributed by atoms with van der Waals surface area (Å²) in [6.07, 6.45) is -0.503. The second kappa shape index (κ2) is 10.4. The number of hydrogen-bond donors (Lipinski definition) is 4. The number of fused-ring (bicyclic) bond motifs is 1. The molecular formula is C25H26N4O6. The van der Waals surface area contributed by atoms with Crippen LogP contribution in [0.15, 0.2) is 54.6 Å². The summed E-state index contributed by atoms with van der Waals surface area (Å²) in [4.78, 5) is 41.4. The van der Waals surface area contributed by atoms with Crippen LogP contribution in [0.5, 0.6) is 5.75 Å². The van der Waals surface area contributed by atoms with E-state index in [9.17, 15) is 19.5 Å². The Morgan fingerprint density at radius 1 is 1.11 bits per heavy atom. The van der Waals surface area contributed by atoms with Crippen LogP contribution in [0.1, 0.15) is 21.6 Å². The first-order valence-electron chi connectivity index (χ1n) is 11.2. The predicted molar refractivity (Wildman–Crippen MR) is 126 cm³/mol. The molecule has 2 atom stereocenters. The second-order valence-corrected chi connectivity index (χ2v) is 8.41. The van der Waals surface area contributed by atoms with Gasteiger partial charge in [0.2, 0.25) is 5.91 Å². The molecule has 182 valence electrons. The highest BCUT2D eigenvalue weighted by molar-refractivity contribution is 5.95. The smallest absolute Gasteiger partial charge is 0.407 e. The fourth-order valence-electron chi connectivity index (χ4n) is 4.29. The molecule has 1 aliphatic rings. The number of amides is 3. The van der Waals surface area contributed by atoms with Gasteiger partial charge >= 0.3 is 6.09 Å². The molecule has 3 aromatic rings. The lowest BCUT2D eigenvalue weighted by Gasteiger charge is -2.18. The van der Waals surface area contributed by atoms with Gasteiger partial charge < -0.3 is 20.1 Å². The molecule has 2 aromatic carbocycles. The lowest BCUT2D eigenvalue weighted by Crippen LogP contribution is -2.45. The van der Waals surface area contributed by atoms with Crippen molar-refractivity contribution < 1.29 is 29.4 Å². The van der Waals surface area contributed by atoms with Crippen LogP contribution < -0.4 is 15.5 Å². The van der Waals surface area contributed by atoms with E-state index in [1.54, 1.807) is 24.3 Å². The average Bonchev–Trinajstić information content (AvgIpc) is 3.28. The minimum Gasteiger partial charge on any atom is -0.493 e. The quantitative estimate of drug-likeness (QED) is 0.302. The molecule has 35 heavy (non-hydrogen) atoms. The zero-order chi connectivity index (χ0) is 24.9. The number of hydrogen-bond acceptors (Lipinski definition) is 6. The maximum atomic E-state index is 12.7. The Labute approximate surface area is 201 Å². The topological polar surface area (TPSA) is 141 Å². The number of carbonyl (C=O) groups is 3.